The number of fused-ring (bicyclic) bond motifs is 1. The van der Waals surface area contributed by atoms with E-state index < -0.39 is 0 Å². The molecule has 0 amide bonds. The second-order valence-electron chi connectivity index (χ2n) is 2.81. The third-order valence-electron chi connectivity index (χ3n) is 1.77. The molecular weight excluding hydrogens is 150 g/mol. The van der Waals surface area contributed by atoms with Crippen LogP contribution in [-0.2, 0) is 0 Å². The molecule has 12 heavy (non-hydrogen) atoms. The van der Waals surface area contributed by atoms with E-state index in [1.807, 2.05) is 19.9 Å². The molecule has 0 aromatic carbocycles. The molecular formula is C9H9N3. The molecule has 0 radical (unpaired) electrons. The first-order chi connectivity index (χ1) is 5.77. The van der Waals surface area contributed by atoms with Crippen molar-refractivity contribution in [3.8, 4) is 0 Å². The largest absolute Gasteiger partial charge is 0.248 e. The van der Waals surface area contributed by atoms with Gasteiger partial charge in [0.1, 0.15) is 5.52 Å². The van der Waals surface area contributed by atoms with Crippen LogP contribution in [0.1, 0.15) is 11.3 Å². The lowest BCUT2D eigenvalue weighted by atomic mass is 10.2. The Morgan fingerprint density at radius 1 is 1.17 bits per heavy atom. The fraction of sp³-hybridized carbons (Fsp3) is 0.222. The summed E-state index contributed by atoms with van der Waals surface area (Å²) < 4.78 is 0. The van der Waals surface area contributed by atoms with Crippen LogP contribution in [0.4, 0.5) is 0 Å². The monoisotopic (exact) mass is 159 g/mol. The lowest BCUT2D eigenvalue weighted by molar-refractivity contribution is 1.14. The van der Waals surface area contributed by atoms with Crippen molar-refractivity contribution in [3.05, 3.63) is 29.7 Å². The minimum atomic E-state index is 0.723. The average Bonchev–Trinajstić information content (AvgIpc) is 2.07. The maximum absolute atomic E-state index is 4.35. The molecule has 0 aliphatic heterocycles. The summed E-state index contributed by atoms with van der Waals surface area (Å²) in [6.45, 7) is 3.94. The van der Waals surface area contributed by atoms with Crippen molar-refractivity contribution in [1.82, 2.24) is 15.0 Å². The Kier molecular flexibility index (Phi) is 1.50. The van der Waals surface area contributed by atoms with Gasteiger partial charge in [0.15, 0.2) is 5.65 Å². The van der Waals surface area contributed by atoms with Crippen molar-refractivity contribution < 1.29 is 0 Å². The Morgan fingerprint density at radius 2 is 2.00 bits per heavy atom. The summed E-state index contributed by atoms with van der Waals surface area (Å²) in [5.74, 6) is 0. The van der Waals surface area contributed by atoms with Crippen LogP contribution in [0.3, 0.4) is 0 Å². The lowest BCUT2D eigenvalue weighted by Crippen LogP contribution is -1.91. The molecule has 0 aliphatic carbocycles. The highest BCUT2D eigenvalue weighted by molar-refractivity contribution is 5.72. The SMILES string of the molecule is Cc1cnc2nccc(C)c2n1. The van der Waals surface area contributed by atoms with Crippen LogP contribution in [0.15, 0.2) is 18.5 Å². The number of hydrogen-bond acceptors (Lipinski definition) is 3. The normalized spacial score (nSPS) is 10.5. The molecule has 2 aromatic heterocycles. The topological polar surface area (TPSA) is 38.7 Å². The lowest BCUT2D eigenvalue weighted by Gasteiger charge is -1.98. The zero-order valence-corrected chi connectivity index (χ0v) is 7.07. The number of aryl methyl sites for hydroxylation is 2. The van der Waals surface area contributed by atoms with E-state index in [-0.39, 0.29) is 0 Å². The van der Waals surface area contributed by atoms with Gasteiger partial charge in [0.05, 0.1) is 11.9 Å². The van der Waals surface area contributed by atoms with Crippen molar-refractivity contribution >= 4 is 11.2 Å². The molecule has 0 atom stereocenters. The molecule has 0 bridgehead atoms. The molecule has 2 aromatic rings. The van der Waals surface area contributed by atoms with E-state index in [1.54, 1.807) is 12.4 Å². The number of pyridine rings is 1. The molecule has 0 saturated heterocycles. The third kappa shape index (κ3) is 1.03. The molecule has 3 heteroatoms. The molecule has 60 valence electrons. The van der Waals surface area contributed by atoms with Gasteiger partial charge in [-0.2, -0.15) is 0 Å². The summed E-state index contributed by atoms with van der Waals surface area (Å²) in [6, 6.07) is 1.94. The van der Waals surface area contributed by atoms with Crippen LogP contribution < -0.4 is 0 Å². The van der Waals surface area contributed by atoms with Crippen LogP contribution in [0, 0.1) is 13.8 Å². The standard InChI is InChI=1S/C9H9N3/c1-6-3-4-10-9-8(6)12-7(2)5-11-9/h3-5H,1-2H3. The molecule has 3 nitrogen and oxygen atoms in total. The van der Waals surface area contributed by atoms with Gasteiger partial charge in [-0.1, -0.05) is 0 Å². The minimum absolute atomic E-state index is 0.723. The Bertz CT molecular complexity index is 423. The second-order valence-corrected chi connectivity index (χ2v) is 2.81. The highest BCUT2D eigenvalue weighted by atomic mass is 14.9. The molecule has 0 saturated carbocycles. The fourth-order valence-corrected chi connectivity index (χ4v) is 1.13. The van der Waals surface area contributed by atoms with Gasteiger partial charge in [0.2, 0.25) is 0 Å². The van der Waals surface area contributed by atoms with Crippen molar-refractivity contribution in [2.24, 2.45) is 0 Å². The minimum Gasteiger partial charge on any atom is -0.248 e. The van der Waals surface area contributed by atoms with Gasteiger partial charge < -0.3 is 0 Å². The van der Waals surface area contributed by atoms with E-state index in [1.165, 1.54) is 0 Å². The van der Waals surface area contributed by atoms with Crippen LogP contribution in [-0.4, -0.2) is 15.0 Å². The predicted octanol–water partition coefficient (Wildman–Crippen LogP) is 1.64. The summed E-state index contributed by atoms with van der Waals surface area (Å²) in [5.41, 5.74) is 3.67. The van der Waals surface area contributed by atoms with Gasteiger partial charge in [-0.15, -0.1) is 0 Å². The first kappa shape index (κ1) is 7.16. The smallest absolute Gasteiger partial charge is 0.178 e. The average molecular weight is 159 g/mol. The van der Waals surface area contributed by atoms with Crippen molar-refractivity contribution in [1.29, 1.82) is 0 Å². The van der Waals surface area contributed by atoms with Gasteiger partial charge in [-0.25, -0.2) is 15.0 Å². The van der Waals surface area contributed by atoms with Gasteiger partial charge in [-0.05, 0) is 25.5 Å². The summed E-state index contributed by atoms with van der Waals surface area (Å²) in [6.07, 6.45) is 3.48. The second kappa shape index (κ2) is 2.52. The van der Waals surface area contributed by atoms with Crippen LogP contribution in [0.5, 0.6) is 0 Å². The Labute approximate surface area is 70.5 Å². The van der Waals surface area contributed by atoms with Crippen molar-refractivity contribution in [2.75, 3.05) is 0 Å². The molecule has 0 spiro atoms. The maximum atomic E-state index is 4.35. The summed E-state index contributed by atoms with van der Waals surface area (Å²) >= 11 is 0. The van der Waals surface area contributed by atoms with Crippen LogP contribution in [0.2, 0.25) is 0 Å². The van der Waals surface area contributed by atoms with Crippen molar-refractivity contribution in [3.63, 3.8) is 0 Å². The summed E-state index contributed by atoms with van der Waals surface area (Å²) in [5, 5.41) is 0. The van der Waals surface area contributed by atoms with Gasteiger partial charge in [0.25, 0.3) is 0 Å². The molecule has 2 rings (SSSR count). The van der Waals surface area contributed by atoms with Gasteiger partial charge in [0, 0.05) is 6.20 Å². The van der Waals surface area contributed by atoms with E-state index >= 15 is 0 Å². The predicted molar refractivity (Wildman–Crippen MR) is 46.8 cm³/mol. The number of nitrogens with zero attached hydrogens (tertiary/aromatic N) is 3. The number of rotatable bonds is 0. The van der Waals surface area contributed by atoms with E-state index in [2.05, 4.69) is 15.0 Å². The van der Waals surface area contributed by atoms with Gasteiger partial charge in [-0.3, -0.25) is 0 Å². The molecule has 0 unspecified atom stereocenters. The summed E-state index contributed by atoms with van der Waals surface area (Å²) in [7, 11) is 0. The maximum Gasteiger partial charge on any atom is 0.178 e. The van der Waals surface area contributed by atoms with Crippen LogP contribution in [0.25, 0.3) is 11.2 Å². The van der Waals surface area contributed by atoms with E-state index in [9.17, 15) is 0 Å². The zero-order chi connectivity index (χ0) is 8.55. The van der Waals surface area contributed by atoms with Crippen LogP contribution >= 0.6 is 0 Å². The number of hydrogen-bond donors (Lipinski definition) is 0. The Balaban J connectivity index is 2.88. The quantitative estimate of drug-likeness (QED) is 0.586. The highest BCUT2D eigenvalue weighted by Crippen LogP contribution is 2.10. The highest BCUT2D eigenvalue weighted by Gasteiger charge is 1.99. The van der Waals surface area contributed by atoms with E-state index in [0.29, 0.717) is 0 Å². The van der Waals surface area contributed by atoms with E-state index in [0.717, 1.165) is 22.4 Å². The third-order valence-corrected chi connectivity index (χ3v) is 1.77. The Morgan fingerprint density at radius 3 is 2.83 bits per heavy atom. The molecule has 2 heterocycles. The molecule has 0 N–H and O–H groups in total. The Hall–Kier alpha value is -1.51. The van der Waals surface area contributed by atoms with Gasteiger partial charge >= 0.3 is 0 Å². The molecule has 0 aliphatic rings. The zero-order valence-electron chi connectivity index (χ0n) is 7.07. The summed E-state index contributed by atoms with van der Waals surface area (Å²) in [4.78, 5) is 12.6. The number of aromatic nitrogens is 3. The molecule has 0 fully saturated rings. The fourth-order valence-electron chi connectivity index (χ4n) is 1.13. The first-order valence-corrected chi connectivity index (χ1v) is 3.82. The van der Waals surface area contributed by atoms with Crippen molar-refractivity contribution in [2.45, 2.75) is 13.8 Å². The van der Waals surface area contributed by atoms with E-state index in [4.69, 9.17) is 0 Å². The first-order valence-electron chi connectivity index (χ1n) is 3.82.